The van der Waals surface area contributed by atoms with Crippen LogP contribution < -0.4 is 4.74 Å². The fourth-order valence-corrected chi connectivity index (χ4v) is 1.40. The molecule has 0 aliphatic rings. The molecule has 0 radical (unpaired) electrons. The fourth-order valence-electron chi connectivity index (χ4n) is 1.40. The van der Waals surface area contributed by atoms with Crippen molar-refractivity contribution < 1.29 is 14.2 Å². The van der Waals surface area contributed by atoms with Gasteiger partial charge >= 0.3 is 0 Å². The Morgan fingerprint density at radius 1 is 1.44 bits per heavy atom. The molecule has 18 heavy (non-hydrogen) atoms. The maximum absolute atomic E-state index is 10.7. The van der Waals surface area contributed by atoms with Crippen molar-refractivity contribution in [1.29, 1.82) is 0 Å². The summed E-state index contributed by atoms with van der Waals surface area (Å²) in [4.78, 5) is 14.2. The van der Waals surface area contributed by atoms with Crippen molar-refractivity contribution in [1.82, 2.24) is 10.1 Å². The average Bonchev–Trinajstić information content (AvgIpc) is 2.74. The highest BCUT2D eigenvalue weighted by Gasteiger charge is 2.11. The topological polar surface area (TPSA) is 91.3 Å². The number of hydrogen-bond donors (Lipinski definition) is 0. The molecule has 0 N–H and O–H groups in total. The Morgan fingerprint density at radius 3 is 2.83 bits per heavy atom. The number of aryl methyl sites for hydroxylation is 2. The zero-order valence-corrected chi connectivity index (χ0v) is 9.91. The number of non-ortho nitro benzene ring substituents is 1. The molecule has 7 nitrogen and oxygen atoms in total. The molecule has 0 amide bonds. The molecule has 1 heterocycles. The second-order valence-corrected chi connectivity index (χ2v) is 3.73. The smallest absolute Gasteiger partial charge is 0.273 e. The van der Waals surface area contributed by atoms with Gasteiger partial charge in [0.15, 0.2) is 12.4 Å². The van der Waals surface area contributed by atoms with E-state index >= 15 is 0 Å². The Kier molecular flexibility index (Phi) is 3.22. The van der Waals surface area contributed by atoms with Crippen LogP contribution in [0, 0.1) is 24.0 Å². The van der Waals surface area contributed by atoms with Gasteiger partial charge in [0.1, 0.15) is 5.75 Å². The minimum absolute atomic E-state index is 0.0164. The Balaban J connectivity index is 2.13. The lowest BCUT2D eigenvalue weighted by Gasteiger charge is -2.06. The first-order chi connectivity index (χ1) is 8.56. The van der Waals surface area contributed by atoms with Gasteiger partial charge in [0.05, 0.1) is 11.0 Å². The van der Waals surface area contributed by atoms with E-state index in [1.165, 1.54) is 12.1 Å². The number of ether oxygens (including phenoxy) is 1. The van der Waals surface area contributed by atoms with E-state index in [1.54, 1.807) is 19.9 Å². The summed E-state index contributed by atoms with van der Waals surface area (Å²) in [6, 6.07) is 4.43. The molecule has 0 fully saturated rings. The number of nitro groups is 1. The predicted molar refractivity (Wildman–Crippen MR) is 61.2 cm³/mol. The minimum Gasteiger partial charge on any atom is -0.483 e. The third-order valence-corrected chi connectivity index (χ3v) is 2.30. The van der Waals surface area contributed by atoms with E-state index in [1.807, 2.05) is 0 Å². The van der Waals surface area contributed by atoms with Crippen LogP contribution in [-0.4, -0.2) is 15.1 Å². The molecular formula is C11H11N3O4. The van der Waals surface area contributed by atoms with Crippen LogP contribution in [0.2, 0.25) is 0 Å². The van der Waals surface area contributed by atoms with E-state index in [4.69, 9.17) is 9.26 Å². The Labute approximate surface area is 103 Å². The lowest BCUT2D eigenvalue weighted by Crippen LogP contribution is -1.98. The Hall–Kier alpha value is -2.44. The van der Waals surface area contributed by atoms with Gasteiger partial charge in [-0.15, -0.1) is 0 Å². The molecule has 0 aliphatic carbocycles. The van der Waals surface area contributed by atoms with Crippen molar-refractivity contribution in [2.45, 2.75) is 20.5 Å². The van der Waals surface area contributed by atoms with Gasteiger partial charge in [0.25, 0.3) is 11.6 Å². The third-order valence-electron chi connectivity index (χ3n) is 2.30. The predicted octanol–water partition coefficient (Wildman–Crippen LogP) is 2.17. The van der Waals surface area contributed by atoms with E-state index in [9.17, 15) is 10.1 Å². The van der Waals surface area contributed by atoms with E-state index < -0.39 is 4.92 Å². The normalized spacial score (nSPS) is 10.3. The maximum Gasteiger partial charge on any atom is 0.273 e. The number of aromatic nitrogens is 2. The summed E-state index contributed by atoms with van der Waals surface area (Å²) < 4.78 is 10.3. The van der Waals surface area contributed by atoms with E-state index in [0.29, 0.717) is 17.5 Å². The van der Waals surface area contributed by atoms with Crippen molar-refractivity contribution >= 4 is 5.69 Å². The van der Waals surface area contributed by atoms with E-state index in [2.05, 4.69) is 10.1 Å². The van der Waals surface area contributed by atoms with Gasteiger partial charge in [0.2, 0.25) is 0 Å². The number of nitro benzene ring substituents is 1. The largest absolute Gasteiger partial charge is 0.483 e. The summed E-state index contributed by atoms with van der Waals surface area (Å²) in [7, 11) is 0. The van der Waals surface area contributed by atoms with Crippen molar-refractivity contribution in [3.8, 4) is 5.75 Å². The van der Waals surface area contributed by atoms with Gasteiger partial charge in [-0.1, -0.05) is 5.16 Å². The van der Waals surface area contributed by atoms with Gasteiger partial charge in [-0.05, 0) is 25.5 Å². The van der Waals surface area contributed by atoms with Gasteiger partial charge in [0, 0.05) is 6.07 Å². The second-order valence-electron chi connectivity index (χ2n) is 3.73. The summed E-state index contributed by atoms with van der Waals surface area (Å²) in [5.74, 6) is 1.28. The number of hydrogen-bond acceptors (Lipinski definition) is 6. The van der Waals surface area contributed by atoms with Crippen LogP contribution in [-0.2, 0) is 6.61 Å². The first-order valence-electron chi connectivity index (χ1n) is 5.23. The molecular weight excluding hydrogens is 238 g/mol. The summed E-state index contributed by atoms with van der Waals surface area (Å²) in [5.41, 5.74) is 0.786. The highest BCUT2D eigenvalue weighted by atomic mass is 16.6. The summed E-state index contributed by atoms with van der Waals surface area (Å²) >= 11 is 0. The highest BCUT2D eigenvalue weighted by molar-refractivity contribution is 5.43. The van der Waals surface area contributed by atoms with Crippen LogP contribution in [0.3, 0.4) is 0 Å². The molecule has 0 bridgehead atoms. The van der Waals surface area contributed by atoms with E-state index in [-0.39, 0.29) is 12.3 Å². The molecule has 0 atom stereocenters. The van der Waals surface area contributed by atoms with Gasteiger partial charge in [-0.25, -0.2) is 0 Å². The second kappa shape index (κ2) is 4.82. The summed E-state index contributed by atoms with van der Waals surface area (Å²) in [6.07, 6.45) is 0. The first-order valence-corrected chi connectivity index (χ1v) is 5.23. The Bertz CT molecular complexity index is 579. The van der Waals surface area contributed by atoms with Crippen molar-refractivity contribution in [3.05, 3.63) is 45.6 Å². The third kappa shape index (κ3) is 2.62. The SMILES string of the molecule is Cc1noc(COc2cc([N+](=O)[O-])ccc2C)n1. The van der Waals surface area contributed by atoms with Gasteiger partial charge in [-0.2, -0.15) is 4.98 Å². The molecule has 0 saturated heterocycles. The zero-order chi connectivity index (χ0) is 13.1. The Morgan fingerprint density at radius 2 is 2.22 bits per heavy atom. The van der Waals surface area contributed by atoms with Crippen LogP contribution in [0.5, 0.6) is 5.75 Å². The number of nitrogens with zero attached hydrogens (tertiary/aromatic N) is 3. The lowest BCUT2D eigenvalue weighted by molar-refractivity contribution is -0.385. The van der Waals surface area contributed by atoms with Gasteiger partial charge < -0.3 is 9.26 Å². The van der Waals surface area contributed by atoms with E-state index in [0.717, 1.165) is 5.56 Å². The van der Waals surface area contributed by atoms with Crippen LogP contribution in [0.15, 0.2) is 22.7 Å². The molecule has 2 rings (SSSR count). The quantitative estimate of drug-likeness (QED) is 0.609. The first kappa shape index (κ1) is 12.0. The minimum atomic E-state index is -0.469. The fraction of sp³-hybridized carbons (Fsp3) is 0.273. The molecule has 1 aromatic carbocycles. The van der Waals surface area contributed by atoms with Crippen LogP contribution in [0.1, 0.15) is 17.3 Å². The molecule has 7 heteroatoms. The molecule has 0 aliphatic heterocycles. The monoisotopic (exact) mass is 249 g/mol. The number of rotatable bonds is 4. The number of benzene rings is 1. The standard InChI is InChI=1S/C11H11N3O4/c1-7-3-4-9(14(15)16)5-10(7)17-6-11-12-8(2)13-18-11/h3-5H,6H2,1-2H3. The average molecular weight is 249 g/mol. The van der Waals surface area contributed by atoms with Gasteiger partial charge in [-0.3, -0.25) is 10.1 Å². The van der Waals surface area contributed by atoms with Crippen molar-refractivity contribution in [2.24, 2.45) is 0 Å². The molecule has 0 spiro atoms. The molecule has 94 valence electrons. The molecule has 1 aromatic heterocycles. The molecule has 2 aromatic rings. The van der Waals surface area contributed by atoms with Crippen LogP contribution in [0.4, 0.5) is 5.69 Å². The molecule has 0 unspecified atom stereocenters. The van der Waals surface area contributed by atoms with Crippen LogP contribution >= 0.6 is 0 Å². The lowest BCUT2D eigenvalue weighted by atomic mass is 10.2. The maximum atomic E-state index is 10.7. The zero-order valence-electron chi connectivity index (χ0n) is 9.91. The molecule has 0 saturated carbocycles. The highest BCUT2D eigenvalue weighted by Crippen LogP contribution is 2.24. The summed E-state index contributed by atoms with van der Waals surface area (Å²) in [5, 5.41) is 14.3. The van der Waals surface area contributed by atoms with Crippen molar-refractivity contribution in [3.63, 3.8) is 0 Å². The summed E-state index contributed by atoms with van der Waals surface area (Å²) in [6.45, 7) is 3.59. The van der Waals surface area contributed by atoms with Crippen molar-refractivity contribution in [2.75, 3.05) is 0 Å². The van der Waals surface area contributed by atoms with Crippen LogP contribution in [0.25, 0.3) is 0 Å².